The van der Waals surface area contributed by atoms with Crippen LogP contribution in [0.2, 0.25) is 0 Å². The monoisotopic (exact) mass is 289 g/mol. The maximum Gasteiger partial charge on any atom is 0.107 e. The molecule has 1 saturated heterocycles. The predicted octanol–water partition coefficient (Wildman–Crippen LogP) is 3.10. The number of nitrogens with two attached hydrogens (primary N) is 1. The van der Waals surface area contributed by atoms with Gasteiger partial charge in [0.1, 0.15) is 4.99 Å². The third kappa shape index (κ3) is 2.30. The van der Waals surface area contributed by atoms with Crippen molar-refractivity contribution in [1.82, 2.24) is 4.98 Å². The second kappa shape index (κ2) is 5.32. The molecule has 1 aliphatic heterocycles. The minimum absolute atomic E-state index is 0.476. The Morgan fingerprint density at radius 1 is 1.30 bits per heavy atom. The summed E-state index contributed by atoms with van der Waals surface area (Å²) < 4.78 is 0. The van der Waals surface area contributed by atoms with Gasteiger partial charge in [-0.15, -0.1) is 0 Å². The molecule has 0 amide bonds. The molecular weight excluding hydrogens is 266 g/mol. The summed E-state index contributed by atoms with van der Waals surface area (Å²) in [5.74, 6) is 0.858. The standard InChI is InChI=1S/C16H23N3S/c1-10-9-14(15(16(17)20)11(2)18-10)19-8-7-12-5-3-4-6-13(12)19/h9,12-13H,3-8H2,1-2H3,(H2,17,20). The summed E-state index contributed by atoms with van der Waals surface area (Å²) in [6.07, 6.45) is 6.74. The van der Waals surface area contributed by atoms with Gasteiger partial charge in [0.25, 0.3) is 0 Å². The van der Waals surface area contributed by atoms with Gasteiger partial charge in [0.05, 0.1) is 11.3 Å². The van der Waals surface area contributed by atoms with Crippen molar-refractivity contribution >= 4 is 22.9 Å². The third-order valence-electron chi connectivity index (χ3n) is 4.87. The van der Waals surface area contributed by atoms with E-state index in [-0.39, 0.29) is 0 Å². The van der Waals surface area contributed by atoms with Gasteiger partial charge >= 0.3 is 0 Å². The van der Waals surface area contributed by atoms with Crippen LogP contribution in [-0.2, 0) is 0 Å². The van der Waals surface area contributed by atoms with Gasteiger partial charge in [0, 0.05) is 24.0 Å². The van der Waals surface area contributed by atoms with Gasteiger partial charge in [-0.3, -0.25) is 4.98 Å². The number of hydrogen-bond donors (Lipinski definition) is 1. The summed E-state index contributed by atoms with van der Waals surface area (Å²) in [6, 6.07) is 2.84. The second-order valence-electron chi connectivity index (χ2n) is 6.20. The lowest BCUT2D eigenvalue weighted by molar-refractivity contribution is 0.342. The summed E-state index contributed by atoms with van der Waals surface area (Å²) >= 11 is 5.27. The Kier molecular flexibility index (Phi) is 3.67. The van der Waals surface area contributed by atoms with Crippen LogP contribution in [0, 0.1) is 19.8 Å². The zero-order valence-corrected chi connectivity index (χ0v) is 13.2. The Morgan fingerprint density at radius 2 is 2.05 bits per heavy atom. The van der Waals surface area contributed by atoms with E-state index in [0.29, 0.717) is 11.0 Å². The number of fused-ring (bicyclic) bond motifs is 1. The van der Waals surface area contributed by atoms with Gasteiger partial charge in [0.2, 0.25) is 0 Å². The van der Waals surface area contributed by atoms with Gasteiger partial charge in [-0.1, -0.05) is 25.1 Å². The second-order valence-corrected chi connectivity index (χ2v) is 6.64. The lowest BCUT2D eigenvalue weighted by atomic mass is 9.85. The lowest BCUT2D eigenvalue weighted by Gasteiger charge is -2.34. The molecule has 0 spiro atoms. The number of pyridine rings is 1. The van der Waals surface area contributed by atoms with Crippen LogP contribution >= 0.6 is 12.2 Å². The zero-order chi connectivity index (χ0) is 14.3. The minimum Gasteiger partial charge on any atom is -0.389 e. The fourth-order valence-corrected chi connectivity index (χ4v) is 4.30. The smallest absolute Gasteiger partial charge is 0.107 e. The van der Waals surface area contributed by atoms with Crippen LogP contribution in [0.15, 0.2) is 6.07 Å². The van der Waals surface area contributed by atoms with Crippen molar-refractivity contribution in [3.05, 3.63) is 23.0 Å². The van der Waals surface area contributed by atoms with Crippen molar-refractivity contribution in [3.8, 4) is 0 Å². The maximum absolute atomic E-state index is 5.97. The van der Waals surface area contributed by atoms with Crippen molar-refractivity contribution < 1.29 is 0 Å². The van der Waals surface area contributed by atoms with Gasteiger partial charge in [-0.2, -0.15) is 0 Å². The Bertz CT molecular complexity index is 541. The van der Waals surface area contributed by atoms with Crippen molar-refractivity contribution in [1.29, 1.82) is 0 Å². The van der Waals surface area contributed by atoms with E-state index in [4.69, 9.17) is 18.0 Å². The van der Waals surface area contributed by atoms with E-state index in [0.717, 1.165) is 29.4 Å². The van der Waals surface area contributed by atoms with Crippen molar-refractivity contribution in [2.75, 3.05) is 11.4 Å². The summed E-state index contributed by atoms with van der Waals surface area (Å²) in [6.45, 7) is 5.20. The molecule has 2 heterocycles. The summed E-state index contributed by atoms with van der Waals surface area (Å²) in [5, 5.41) is 0. The molecular formula is C16H23N3S. The van der Waals surface area contributed by atoms with Crippen LogP contribution in [-0.4, -0.2) is 22.6 Å². The summed E-state index contributed by atoms with van der Waals surface area (Å²) in [5.41, 5.74) is 10.2. The molecule has 3 nitrogen and oxygen atoms in total. The molecule has 2 unspecified atom stereocenters. The van der Waals surface area contributed by atoms with Gasteiger partial charge < -0.3 is 10.6 Å². The van der Waals surface area contributed by atoms with Crippen molar-refractivity contribution in [2.24, 2.45) is 11.7 Å². The molecule has 2 N–H and O–H groups in total. The highest BCUT2D eigenvalue weighted by Gasteiger charge is 2.37. The van der Waals surface area contributed by atoms with Crippen LogP contribution in [0.4, 0.5) is 5.69 Å². The topological polar surface area (TPSA) is 42.1 Å². The number of thiocarbonyl (C=S) groups is 1. The average Bonchev–Trinajstić information content (AvgIpc) is 2.80. The van der Waals surface area contributed by atoms with Crippen LogP contribution in [0.25, 0.3) is 0 Å². The quantitative estimate of drug-likeness (QED) is 0.850. The molecule has 1 saturated carbocycles. The highest BCUT2D eigenvalue weighted by Crippen LogP contribution is 2.40. The summed E-state index contributed by atoms with van der Waals surface area (Å²) in [7, 11) is 0. The molecule has 1 aromatic heterocycles. The molecule has 2 fully saturated rings. The summed E-state index contributed by atoms with van der Waals surface area (Å²) in [4.78, 5) is 7.57. The largest absolute Gasteiger partial charge is 0.389 e. The van der Waals surface area contributed by atoms with E-state index in [1.807, 2.05) is 13.8 Å². The fourth-order valence-electron chi connectivity index (χ4n) is 4.04. The number of aromatic nitrogens is 1. The molecule has 0 bridgehead atoms. The molecule has 108 valence electrons. The first-order valence-electron chi connectivity index (χ1n) is 7.62. The number of nitrogens with zero attached hydrogens (tertiary/aromatic N) is 2. The van der Waals surface area contributed by atoms with Crippen LogP contribution < -0.4 is 10.6 Å². The Labute approximate surface area is 126 Å². The first kappa shape index (κ1) is 13.8. The first-order chi connectivity index (χ1) is 9.58. The molecule has 0 aromatic carbocycles. The van der Waals surface area contributed by atoms with Crippen LogP contribution in [0.3, 0.4) is 0 Å². The normalized spacial score (nSPS) is 25.6. The Hall–Kier alpha value is -1.16. The molecule has 4 heteroatoms. The van der Waals surface area contributed by atoms with Gasteiger partial charge in [0.15, 0.2) is 0 Å². The van der Waals surface area contributed by atoms with E-state index in [1.165, 1.54) is 37.8 Å². The van der Waals surface area contributed by atoms with Gasteiger partial charge in [-0.05, 0) is 45.1 Å². The highest BCUT2D eigenvalue weighted by atomic mass is 32.1. The van der Waals surface area contributed by atoms with E-state index >= 15 is 0 Å². The number of rotatable bonds is 2. The predicted molar refractivity (Wildman–Crippen MR) is 87.3 cm³/mol. The van der Waals surface area contributed by atoms with E-state index in [9.17, 15) is 0 Å². The fraction of sp³-hybridized carbons (Fsp3) is 0.625. The molecule has 1 aromatic rings. The average molecular weight is 289 g/mol. The molecule has 2 aliphatic rings. The van der Waals surface area contributed by atoms with E-state index in [2.05, 4.69) is 16.0 Å². The number of anilines is 1. The molecule has 0 radical (unpaired) electrons. The minimum atomic E-state index is 0.476. The molecule has 20 heavy (non-hydrogen) atoms. The zero-order valence-electron chi connectivity index (χ0n) is 12.4. The van der Waals surface area contributed by atoms with Crippen LogP contribution in [0.5, 0.6) is 0 Å². The van der Waals surface area contributed by atoms with E-state index in [1.54, 1.807) is 0 Å². The van der Waals surface area contributed by atoms with Gasteiger partial charge in [-0.25, -0.2) is 0 Å². The van der Waals surface area contributed by atoms with Crippen molar-refractivity contribution in [2.45, 2.75) is 52.0 Å². The molecule has 1 aliphatic carbocycles. The van der Waals surface area contributed by atoms with Crippen LogP contribution in [0.1, 0.15) is 49.1 Å². The molecule has 2 atom stereocenters. The Balaban J connectivity index is 2.03. The van der Waals surface area contributed by atoms with E-state index < -0.39 is 0 Å². The number of aryl methyl sites for hydroxylation is 2. The maximum atomic E-state index is 5.97. The lowest BCUT2D eigenvalue weighted by Crippen LogP contribution is -2.36. The highest BCUT2D eigenvalue weighted by molar-refractivity contribution is 7.80. The third-order valence-corrected chi connectivity index (χ3v) is 5.08. The first-order valence-corrected chi connectivity index (χ1v) is 8.03. The molecule has 3 rings (SSSR count). The number of hydrogen-bond acceptors (Lipinski definition) is 3. The SMILES string of the molecule is Cc1cc(N2CCC3CCCCC32)c(C(N)=S)c(C)n1. The Morgan fingerprint density at radius 3 is 2.80 bits per heavy atom. The van der Waals surface area contributed by atoms with Crippen molar-refractivity contribution in [3.63, 3.8) is 0 Å².